The van der Waals surface area contributed by atoms with Gasteiger partial charge >= 0.3 is 0 Å². The highest BCUT2D eigenvalue weighted by Crippen LogP contribution is 2.57. The number of fused-ring (bicyclic) bond motifs is 1. The van der Waals surface area contributed by atoms with Crippen molar-refractivity contribution in [2.75, 3.05) is 20.2 Å². The highest BCUT2D eigenvalue weighted by molar-refractivity contribution is 5.90. The Hall–Kier alpha value is -1.14. The molecule has 6 heteroatoms. The molecule has 0 radical (unpaired) electrons. The van der Waals surface area contributed by atoms with Gasteiger partial charge in [-0.25, -0.2) is 0 Å². The van der Waals surface area contributed by atoms with Crippen LogP contribution in [0.25, 0.3) is 0 Å². The third-order valence-electron chi connectivity index (χ3n) is 4.98. The first kappa shape index (κ1) is 15.3. The molecule has 0 aromatic rings. The molecular weight excluding hydrogens is 258 g/mol. The topological polar surface area (TPSA) is 93.5 Å². The molecule has 1 saturated carbocycles. The second kappa shape index (κ2) is 5.33. The number of carbonyl (C=O) groups excluding carboxylic acids is 2. The van der Waals surface area contributed by atoms with Crippen molar-refractivity contribution >= 4 is 11.8 Å². The van der Waals surface area contributed by atoms with Crippen LogP contribution < -0.4 is 16.4 Å². The highest BCUT2D eigenvalue weighted by atomic mass is 16.5. The molecule has 3 atom stereocenters. The molecule has 1 aliphatic heterocycles. The lowest BCUT2D eigenvalue weighted by atomic mass is 9.46. The summed E-state index contributed by atoms with van der Waals surface area (Å²) < 4.78 is 5.77. The number of hydrogen-bond donors (Lipinski definition) is 3. The van der Waals surface area contributed by atoms with Crippen LogP contribution in [0.1, 0.15) is 33.1 Å². The smallest absolute Gasteiger partial charge is 0.241 e. The van der Waals surface area contributed by atoms with Gasteiger partial charge in [-0.2, -0.15) is 0 Å². The van der Waals surface area contributed by atoms with E-state index in [9.17, 15) is 9.59 Å². The second-order valence-electron chi connectivity index (χ2n) is 6.31. The Morgan fingerprint density at radius 1 is 1.40 bits per heavy atom. The largest absolute Gasteiger partial charge is 0.377 e. The van der Waals surface area contributed by atoms with Gasteiger partial charge in [-0.05, 0) is 12.8 Å². The summed E-state index contributed by atoms with van der Waals surface area (Å²) in [6.45, 7) is 5.03. The van der Waals surface area contributed by atoms with Crippen LogP contribution in [0.2, 0.25) is 0 Å². The number of nitrogens with one attached hydrogen (secondary N) is 2. The van der Waals surface area contributed by atoms with E-state index in [1.165, 1.54) is 0 Å². The molecule has 6 nitrogen and oxygen atoms in total. The number of amides is 2. The van der Waals surface area contributed by atoms with Crippen molar-refractivity contribution in [1.82, 2.24) is 10.6 Å². The summed E-state index contributed by atoms with van der Waals surface area (Å²) in [4.78, 5) is 23.6. The van der Waals surface area contributed by atoms with E-state index in [1.807, 2.05) is 13.8 Å². The number of hydrogen-bond acceptors (Lipinski definition) is 4. The summed E-state index contributed by atoms with van der Waals surface area (Å²) in [7, 11) is 1.58. The van der Waals surface area contributed by atoms with Gasteiger partial charge < -0.3 is 21.1 Å². The lowest BCUT2D eigenvalue weighted by molar-refractivity contribution is -0.225. The molecule has 3 unspecified atom stereocenters. The van der Waals surface area contributed by atoms with Gasteiger partial charge in [-0.1, -0.05) is 13.8 Å². The summed E-state index contributed by atoms with van der Waals surface area (Å²) >= 11 is 0. The van der Waals surface area contributed by atoms with Gasteiger partial charge in [0.15, 0.2) is 0 Å². The van der Waals surface area contributed by atoms with Crippen LogP contribution in [0.3, 0.4) is 0 Å². The molecular formula is C14H25N3O3. The van der Waals surface area contributed by atoms with Crippen LogP contribution in [0.5, 0.6) is 0 Å². The molecule has 2 fully saturated rings. The standard InChI is InChI=1S/C14H25N3O3/c1-13(2)11-9(5-4-8-20-11)14(13,15)12(19)17-7-6-10(18)16-3/h9,11H,4-8,15H2,1-3H3,(H,16,18)(H,17,19). The average molecular weight is 283 g/mol. The minimum absolute atomic E-state index is 0.0611. The van der Waals surface area contributed by atoms with Crippen LogP contribution in [0, 0.1) is 11.3 Å². The van der Waals surface area contributed by atoms with Gasteiger partial charge in [-0.3, -0.25) is 9.59 Å². The third-order valence-corrected chi connectivity index (χ3v) is 4.98. The van der Waals surface area contributed by atoms with Crippen molar-refractivity contribution in [1.29, 1.82) is 0 Å². The van der Waals surface area contributed by atoms with Crippen molar-refractivity contribution in [3.63, 3.8) is 0 Å². The first-order valence-electron chi connectivity index (χ1n) is 7.25. The summed E-state index contributed by atoms with van der Waals surface area (Å²) in [5.41, 5.74) is 5.15. The Balaban J connectivity index is 1.98. The number of carbonyl (C=O) groups is 2. The van der Waals surface area contributed by atoms with Crippen molar-refractivity contribution in [3.05, 3.63) is 0 Å². The monoisotopic (exact) mass is 283 g/mol. The molecule has 114 valence electrons. The second-order valence-corrected chi connectivity index (χ2v) is 6.31. The molecule has 2 rings (SSSR count). The van der Waals surface area contributed by atoms with Gasteiger partial charge in [0.1, 0.15) is 5.54 Å². The van der Waals surface area contributed by atoms with Crippen LogP contribution in [0.4, 0.5) is 0 Å². The predicted molar refractivity (Wildman–Crippen MR) is 74.9 cm³/mol. The molecule has 0 aromatic carbocycles. The fourth-order valence-corrected chi connectivity index (χ4v) is 3.60. The van der Waals surface area contributed by atoms with E-state index in [4.69, 9.17) is 10.5 Å². The summed E-state index contributed by atoms with van der Waals surface area (Å²) in [6, 6.07) is 0. The van der Waals surface area contributed by atoms with Gasteiger partial charge in [-0.15, -0.1) is 0 Å². The van der Waals surface area contributed by atoms with E-state index < -0.39 is 5.54 Å². The molecule has 1 aliphatic carbocycles. The lowest BCUT2D eigenvalue weighted by Gasteiger charge is -2.65. The minimum atomic E-state index is -0.902. The Kier molecular flexibility index (Phi) is 4.07. The van der Waals surface area contributed by atoms with E-state index in [0.29, 0.717) is 6.54 Å². The Bertz CT molecular complexity index is 410. The van der Waals surface area contributed by atoms with Crippen LogP contribution in [-0.2, 0) is 14.3 Å². The summed E-state index contributed by atoms with van der Waals surface area (Å²) in [6.07, 6.45) is 2.20. The number of rotatable bonds is 4. The van der Waals surface area contributed by atoms with Gasteiger partial charge in [0, 0.05) is 38.0 Å². The maximum absolute atomic E-state index is 12.5. The summed E-state index contributed by atoms with van der Waals surface area (Å²) in [5, 5.41) is 5.32. The molecule has 2 aliphatic rings. The third kappa shape index (κ3) is 2.11. The fourth-order valence-electron chi connectivity index (χ4n) is 3.60. The van der Waals surface area contributed by atoms with Gasteiger partial charge in [0.05, 0.1) is 6.10 Å². The summed E-state index contributed by atoms with van der Waals surface area (Å²) in [5.74, 6) is -0.187. The number of nitrogens with two attached hydrogens (primary N) is 1. The SMILES string of the molecule is CNC(=O)CCNC(=O)C1(N)C2CCCOC2C1(C)C. The van der Waals surface area contributed by atoms with E-state index in [0.717, 1.165) is 19.4 Å². The number of ether oxygens (including phenoxy) is 1. The Morgan fingerprint density at radius 3 is 2.75 bits per heavy atom. The Morgan fingerprint density at radius 2 is 2.10 bits per heavy atom. The van der Waals surface area contributed by atoms with Crippen LogP contribution >= 0.6 is 0 Å². The van der Waals surface area contributed by atoms with Crippen molar-refractivity contribution in [3.8, 4) is 0 Å². The van der Waals surface area contributed by atoms with Crippen LogP contribution in [-0.4, -0.2) is 43.7 Å². The first-order valence-corrected chi connectivity index (χ1v) is 7.25. The molecule has 1 saturated heterocycles. The quantitative estimate of drug-likeness (QED) is 0.664. The zero-order valence-corrected chi connectivity index (χ0v) is 12.5. The molecule has 0 bridgehead atoms. The molecule has 0 spiro atoms. The molecule has 20 heavy (non-hydrogen) atoms. The normalized spacial score (nSPS) is 34.6. The zero-order valence-electron chi connectivity index (χ0n) is 12.5. The molecule has 2 amide bonds. The predicted octanol–water partition coefficient (Wildman–Crippen LogP) is -0.229. The van der Waals surface area contributed by atoms with Crippen molar-refractivity contribution in [2.45, 2.75) is 44.8 Å². The van der Waals surface area contributed by atoms with Gasteiger partial charge in [0.2, 0.25) is 11.8 Å². The van der Waals surface area contributed by atoms with E-state index in [2.05, 4.69) is 10.6 Å². The molecule has 0 aromatic heterocycles. The van der Waals surface area contributed by atoms with E-state index >= 15 is 0 Å². The average Bonchev–Trinajstić information content (AvgIpc) is 2.45. The van der Waals surface area contributed by atoms with E-state index in [1.54, 1.807) is 7.05 Å². The molecule has 1 heterocycles. The molecule has 4 N–H and O–H groups in total. The highest BCUT2D eigenvalue weighted by Gasteiger charge is 2.70. The van der Waals surface area contributed by atoms with Crippen molar-refractivity contribution < 1.29 is 14.3 Å². The minimum Gasteiger partial charge on any atom is -0.377 e. The van der Waals surface area contributed by atoms with Gasteiger partial charge in [0.25, 0.3) is 0 Å². The maximum atomic E-state index is 12.5. The first-order chi connectivity index (χ1) is 9.35. The van der Waals surface area contributed by atoms with E-state index in [-0.39, 0.29) is 35.7 Å². The Labute approximate surface area is 119 Å². The zero-order chi connectivity index (χ0) is 15.0. The maximum Gasteiger partial charge on any atom is 0.241 e. The van der Waals surface area contributed by atoms with Crippen molar-refractivity contribution in [2.24, 2.45) is 17.1 Å². The van der Waals surface area contributed by atoms with Crippen LogP contribution in [0.15, 0.2) is 0 Å². The fraction of sp³-hybridized carbons (Fsp3) is 0.857. The lowest BCUT2D eigenvalue weighted by Crippen LogP contribution is -2.82.